The Balaban J connectivity index is 2.82. The molecule has 0 saturated heterocycles. The largest absolute Gasteiger partial charge is 0.480 e. The molecule has 0 fully saturated rings. The molecule has 1 aromatic carbocycles. The second-order valence-corrected chi connectivity index (χ2v) is 5.30. The molecule has 0 bridgehead atoms. The highest BCUT2D eigenvalue weighted by atomic mass is 35.5. The number of halogens is 2. The molecule has 0 aliphatic heterocycles. The van der Waals surface area contributed by atoms with Crippen molar-refractivity contribution in [2.24, 2.45) is 5.73 Å². The van der Waals surface area contributed by atoms with Crippen molar-refractivity contribution >= 4 is 29.2 Å². The number of carbonyl (C=O) groups is 1. The molecule has 1 aromatic rings. The molecule has 0 aromatic heterocycles. The highest BCUT2D eigenvalue weighted by Gasteiger charge is 2.14. The smallest absolute Gasteiger partial charge is 0.320 e. The first kappa shape index (κ1) is 16.3. The zero-order valence-electron chi connectivity index (χ0n) is 10.7. The zero-order chi connectivity index (χ0) is 14.3. The van der Waals surface area contributed by atoms with Gasteiger partial charge in [-0.2, -0.15) is 0 Å². The maximum Gasteiger partial charge on any atom is 0.320 e. The van der Waals surface area contributed by atoms with Crippen molar-refractivity contribution in [1.82, 2.24) is 0 Å². The fourth-order valence-electron chi connectivity index (χ4n) is 2.06. The van der Waals surface area contributed by atoms with Crippen LogP contribution in [-0.2, 0) is 11.2 Å². The van der Waals surface area contributed by atoms with E-state index in [1.807, 2.05) is 24.3 Å². The van der Waals surface area contributed by atoms with Gasteiger partial charge in [-0.05, 0) is 36.3 Å². The third kappa shape index (κ3) is 5.39. The van der Waals surface area contributed by atoms with Crippen molar-refractivity contribution in [3.05, 3.63) is 35.4 Å². The summed E-state index contributed by atoms with van der Waals surface area (Å²) in [7, 11) is 0. The van der Waals surface area contributed by atoms with Gasteiger partial charge >= 0.3 is 5.97 Å². The maximum absolute atomic E-state index is 10.8. The van der Waals surface area contributed by atoms with E-state index in [1.54, 1.807) is 0 Å². The molecule has 3 nitrogen and oxygen atoms in total. The number of aliphatic carboxylic acids is 1. The van der Waals surface area contributed by atoms with Crippen LogP contribution in [0, 0.1) is 0 Å². The van der Waals surface area contributed by atoms with Gasteiger partial charge in [0, 0.05) is 11.8 Å². The van der Waals surface area contributed by atoms with Crippen LogP contribution in [0.2, 0.25) is 0 Å². The molecule has 106 valence electrons. The molecular formula is C14H19Cl2NO2. The number of benzene rings is 1. The van der Waals surface area contributed by atoms with Gasteiger partial charge in [-0.15, -0.1) is 23.2 Å². The lowest BCUT2D eigenvalue weighted by Crippen LogP contribution is -2.32. The molecule has 19 heavy (non-hydrogen) atoms. The Hall–Kier alpha value is -0.770. The van der Waals surface area contributed by atoms with Crippen LogP contribution in [0.15, 0.2) is 24.3 Å². The van der Waals surface area contributed by atoms with E-state index in [-0.39, 0.29) is 0 Å². The number of nitrogens with two attached hydrogens (primary N) is 1. The van der Waals surface area contributed by atoms with E-state index in [1.165, 1.54) is 0 Å². The highest BCUT2D eigenvalue weighted by molar-refractivity contribution is 6.18. The van der Waals surface area contributed by atoms with Gasteiger partial charge in [-0.1, -0.05) is 24.3 Å². The Morgan fingerprint density at radius 1 is 1.26 bits per heavy atom. The second kappa shape index (κ2) is 8.41. The van der Waals surface area contributed by atoms with Gasteiger partial charge in [0.2, 0.25) is 0 Å². The Labute approximate surface area is 123 Å². The van der Waals surface area contributed by atoms with Crippen molar-refractivity contribution in [2.45, 2.75) is 31.2 Å². The summed E-state index contributed by atoms with van der Waals surface area (Å²) in [6.07, 6.45) is 2.06. The predicted molar refractivity (Wildman–Crippen MR) is 79.2 cm³/mol. The van der Waals surface area contributed by atoms with E-state index in [2.05, 4.69) is 0 Å². The SMILES string of the molecule is NC(Cc1cccc(C(CCCl)CCCl)c1)C(=O)O. The maximum atomic E-state index is 10.8. The van der Waals surface area contributed by atoms with Gasteiger partial charge in [0.1, 0.15) is 6.04 Å². The molecule has 3 N–H and O–H groups in total. The summed E-state index contributed by atoms with van der Waals surface area (Å²) in [5.74, 6) is 0.500. The summed E-state index contributed by atoms with van der Waals surface area (Å²) < 4.78 is 0. The van der Waals surface area contributed by atoms with Crippen LogP contribution in [-0.4, -0.2) is 28.9 Å². The fourth-order valence-corrected chi connectivity index (χ4v) is 2.58. The minimum absolute atomic E-state index is 0.316. The third-order valence-electron chi connectivity index (χ3n) is 3.11. The van der Waals surface area contributed by atoms with Gasteiger partial charge in [0.05, 0.1) is 0 Å². The molecule has 1 rings (SSSR count). The molecule has 0 aliphatic rings. The Bertz CT molecular complexity index is 406. The Morgan fingerprint density at radius 2 is 1.89 bits per heavy atom. The Kier molecular flexibility index (Phi) is 7.21. The van der Waals surface area contributed by atoms with Crippen LogP contribution in [0.25, 0.3) is 0 Å². The van der Waals surface area contributed by atoms with E-state index in [9.17, 15) is 4.79 Å². The number of hydrogen-bond donors (Lipinski definition) is 2. The Morgan fingerprint density at radius 3 is 2.42 bits per heavy atom. The fraction of sp³-hybridized carbons (Fsp3) is 0.500. The minimum atomic E-state index is -0.983. The van der Waals surface area contributed by atoms with Crippen LogP contribution in [0.5, 0.6) is 0 Å². The number of carboxylic acids is 1. The van der Waals surface area contributed by atoms with Crippen LogP contribution < -0.4 is 5.73 Å². The molecule has 5 heteroatoms. The summed E-state index contributed by atoms with van der Waals surface area (Å²) in [6.45, 7) is 0. The topological polar surface area (TPSA) is 63.3 Å². The van der Waals surface area contributed by atoms with Crippen molar-refractivity contribution in [1.29, 1.82) is 0 Å². The summed E-state index contributed by atoms with van der Waals surface area (Å²) in [5, 5.41) is 8.83. The number of alkyl halides is 2. The third-order valence-corrected chi connectivity index (χ3v) is 3.55. The zero-order valence-corrected chi connectivity index (χ0v) is 12.2. The van der Waals surface area contributed by atoms with Crippen LogP contribution in [0.1, 0.15) is 29.9 Å². The van der Waals surface area contributed by atoms with Crippen LogP contribution in [0.4, 0.5) is 0 Å². The first-order valence-electron chi connectivity index (χ1n) is 6.27. The van der Waals surface area contributed by atoms with E-state index in [4.69, 9.17) is 34.0 Å². The van der Waals surface area contributed by atoms with Crippen molar-refractivity contribution in [3.8, 4) is 0 Å². The molecule has 0 saturated carbocycles. The summed E-state index contributed by atoms with van der Waals surface area (Å²) in [5.41, 5.74) is 7.63. The van der Waals surface area contributed by atoms with Crippen molar-refractivity contribution in [3.63, 3.8) is 0 Å². The van der Waals surface area contributed by atoms with Gasteiger partial charge in [0.25, 0.3) is 0 Å². The average molecular weight is 304 g/mol. The van der Waals surface area contributed by atoms with Gasteiger partial charge in [0.15, 0.2) is 0 Å². The molecule has 0 spiro atoms. The summed E-state index contributed by atoms with van der Waals surface area (Å²) >= 11 is 11.6. The summed E-state index contributed by atoms with van der Waals surface area (Å²) in [6, 6.07) is 6.99. The second-order valence-electron chi connectivity index (χ2n) is 4.55. The molecule has 0 radical (unpaired) electrons. The van der Waals surface area contributed by atoms with Crippen molar-refractivity contribution < 1.29 is 9.90 Å². The molecule has 1 unspecified atom stereocenters. The standard InChI is InChI=1S/C14H19Cl2NO2/c15-6-4-11(5-7-16)12-3-1-2-10(8-12)9-13(17)14(18)19/h1-3,8,11,13H,4-7,9,17H2,(H,18,19). The number of hydrogen-bond acceptors (Lipinski definition) is 2. The van der Waals surface area contributed by atoms with E-state index in [0.717, 1.165) is 24.0 Å². The molecule has 0 amide bonds. The summed E-state index contributed by atoms with van der Waals surface area (Å²) in [4.78, 5) is 10.8. The van der Waals surface area contributed by atoms with Gasteiger partial charge < -0.3 is 10.8 Å². The first-order chi connectivity index (χ1) is 9.08. The lowest BCUT2D eigenvalue weighted by molar-refractivity contribution is -0.138. The lowest BCUT2D eigenvalue weighted by Gasteiger charge is -2.16. The molecular weight excluding hydrogens is 285 g/mol. The van der Waals surface area contributed by atoms with Gasteiger partial charge in [-0.25, -0.2) is 0 Å². The van der Waals surface area contributed by atoms with Crippen LogP contribution >= 0.6 is 23.2 Å². The van der Waals surface area contributed by atoms with E-state index < -0.39 is 12.0 Å². The van der Waals surface area contributed by atoms with Crippen LogP contribution in [0.3, 0.4) is 0 Å². The lowest BCUT2D eigenvalue weighted by atomic mass is 9.91. The van der Waals surface area contributed by atoms with E-state index >= 15 is 0 Å². The van der Waals surface area contributed by atoms with Crippen molar-refractivity contribution in [2.75, 3.05) is 11.8 Å². The first-order valence-corrected chi connectivity index (χ1v) is 7.34. The molecule has 1 atom stereocenters. The molecule has 0 aliphatic carbocycles. The molecule has 0 heterocycles. The predicted octanol–water partition coefficient (Wildman–Crippen LogP) is 2.98. The monoisotopic (exact) mass is 303 g/mol. The van der Waals surface area contributed by atoms with Gasteiger partial charge in [-0.3, -0.25) is 4.79 Å². The average Bonchev–Trinajstić information content (AvgIpc) is 2.38. The number of rotatable bonds is 8. The highest BCUT2D eigenvalue weighted by Crippen LogP contribution is 2.25. The quantitative estimate of drug-likeness (QED) is 0.726. The normalized spacial score (nSPS) is 12.6. The minimum Gasteiger partial charge on any atom is -0.480 e. The number of carboxylic acid groups (broad SMARTS) is 1. The van der Waals surface area contributed by atoms with E-state index in [0.29, 0.717) is 24.1 Å².